The Bertz CT molecular complexity index is 1330. The lowest BCUT2D eigenvalue weighted by Crippen LogP contribution is -2.54. The van der Waals surface area contributed by atoms with Crippen molar-refractivity contribution in [3.8, 4) is 22.6 Å². The lowest BCUT2D eigenvalue weighted by Gasteiger charge is -2.43. The van der Waals surface area contributed by atoms with Crippen molar-refractivity contribution in [3.05, 3.63) is 52.7 Å². The molecule has 8 nitrogen and oxygen atoms in total. The quantitative estimate of drug-likeness (QED) is 0.492. The molecule has 1 fully saturated rings. The van der Waals surface area contributed by atoms with E-state index in [0.29, 0.717) is 41.3 Å². The Balaban J connectivity index is 1.66. The van der Waals surface area contributed by atoms with Crippen LogP contribution in [0.3, 0.4) is 0 Å². The Morgan fingerprint density at radius 3 is 2.42 bits per heavy atom. The molecular weight excluding hydrogens is 477 g/mol. The van der Waals surface area contributed by atoms with Crippen molar-refractivity contribution in [1.29, 1.82) is 0 Å². The Labute approximate surface area is 205 Å². The summed E-state index contributed by atoms with van der Waals surface area (Å²) in [7, 11) is 5.91. The van der Waals surface area contributed by atoms with E-state index < -0.39 is 12.1 Å². The SMILES string of the molecule is COc1cc(-c2cn(C)c(=O)c3cnccc23)cc(OC)c1CN1CCC1CN(C)C(=O)C(F)(F)F. The van der Waals surface area contributed by atoms with Crippen molar-refractivity contribution in [2.45, 2.75) is 25.2 Å². The minimum Gasteiger partial charge on any atom is -0.496 e. The summed E-state index contributed by atoms with van der Waals surface area (Å²) in [6, 6.07) is 5.27. The monoisotopic (exact) mass is 504 g/mol. The number of alkyl halides is 3. The van der Waals surface area contributed by atoms with Crippen LogP contribution in [0.2, 0.25) is 0 Å². The highest BCUT2D eigenvalue weighted by atomic mass is 19.4. The van der Waals surface area contributed by atoms with E-state index in [4.69, 9.17) is 9.47 Å². The molecule has 192 valence electrons. The largest absolute Gasteiger partial charge is 0.496 e. The number of nitrogens with zero attached hydrogens (tertiary/aromatic N) is 4. The van der Waals surface area contributed by atoms with Gasteiger partial charge in [0.1, 0.15) is 11.5 Å². The molecule has 1 aliphatic heterocycles. The number of fused-ring (bicyclic) bond motifs is 1. The predicted octanol–water partition coefficient (Wildman–Crippen LogP) is 3.21. The van der Waals surface area contributed by atoms with Crippen molar-refractivity contribution in [1.82, 2.24) is 19.4 Å². The lowest BCUT2D eigenvalue weighted by atomic mass is 9.97. The number of hydrogen-bond donors (Lipinski definition) is 0. The van der Waals surface area contributed by atoms with Gasteiger partial charge < -0.3 is 18.9 Å². The first-order chi connectivity index (χ1) is 17.0. The van der Waals surface area contributed by atoms with Gasteiger partial charge in [-0.3, -0.25) is 19.5 Å². The fourth-order valence-corrected chi connectivity index (χ4v) is 4.56. The third-order valence-electron chi connectivity index (χ3n) is 6.60. The topological polar surface area (TPSA) is 76.9 Å². The molecule has 1 aliphatic rings. The summed E-state index contributed by atoms with van der Waals surface area (Å²) in [6.07, 6.45) is 0.688. The molecule has 1 aromatic carbocycles. The van der Waals surface area contributed by atoms with E-state index in [-0.39, 0.29) is 18.1 Å². The van der Waals surface area contributed by atoms with Crippen molar-refractivity contribution >= 4 is 16.7 Å². The number of pyridine rings is 2. The molecular formula is C25H27F3N4O4. The zero-order chi connectivity index (χ0) is 26.2. The standard InChI is InChI=1S/C25H27F3N4O4/c1-30-13-19(17-5-7-29-11-18(17)23(30)33)15-9-21(35-3)20(22(10-15)36-4)14-32-8-6-16(32)12-31(2)24(34)25(26,27)28/h5,7,9-11,13,16H,6,8,12,14H2,1-4H3. The molecule has 36 heavy (non-hydrogen) atoms. The van der Waals surface area contributed by atoms with Crippen molar-refractivity contribution in [3.63, 3.8) is 0 Å². The number of halogens is 3. The van der Waals surface area contributed by atoms with E-state index in [1.165, 1.54) is 25.0 Å². The molecule has 3 aromatic rings. The van der Waals surface area contributed by atoms with Crippen LogP contribution in [0.15, 0.2) is 41.6 Å². The molecule has 1 amide bonds. The highest BCUT2D eigenvalue weighted by Gasteiger charge is 2.43. The van der Waals surface area contributed by atoms with E-state index in [1.807, 2.05) is 17.0 Å². The number of amides is 1. The van der Waals surface area contributed by atoms with Gasteiger partial charge in [0, 0.05) is 63.9 Å². The zero-order valence-corrected chi connectivity index (χ0v) is 20.4. The average molecular weight is 505 g/mol. The van der Waals surface area contributed by atoms with Gasteiger partial charge in [-0.15, -0.1) is 0 Å². The molecule has 0 saturated carbocycles. The van der Waals surface area contributed by atoms with E-state index in [1.54, 1.807) is 25.5 Å². The number of carbonyl (C=O) groups excluding carboxylic acids is 1. The van der Waals surface area contributed by atoms with E-state index >= 15 is 0 Å². The minimum absolute atomic E-state index is 0.0286. The van der Waals surface area contributed by atoms with Crippen molar-refractivity contribution in [2.24, 2.45) is 7.05 Å². The van der Waals surface area contributed by atoms with Gasteiger partial charge in [0.05, 0.1) is 25.2 Å². The van der Waals surface area contributed by atoms with Gasteiger partial charge in [-0.2, -0.15) is 13.2 Å². The fraction of sp³-hybridized carbons (Fsp3) is 0.400. The van der Waals surface area contributed by atoms with Crippen LogP contribution >= 0.6 is 0 Å². The zero-order valence-electron chi connectivity index (χ0n) is 20.4. The molecule has 4 rings (SSSR count). The Kier molecular flexibility index (Phi) is 6.94. The smallest absolute Gasteiger partial charge is 0.471 e. The molecule has 0 N–H and O–H groups in total. The minimum atomic E-state index is -4.90. The maximum Gasteiger partial charge on any atom is 0.471 e. The summed E-state index contributed by atoms with van der Waals surface area (Å²) < 4.78 is 51.2. The highest BCUT2D eigenvalue weighted by molar-refractivity contribution is 5.95. The molecule has 3 heterocycles. The molecule has 1 saturated heterocycles. The number of methoxy groups -OCH3 is 2. The molecule has 1 atom stereocenters. The second-order valence-corrected chi connectivity index (χ2v) is 8.84. The molecule has 0 bridgehead atoms. The van der Waals surface area contributed by atoms with Crippen LogP contribution in [-0.2, 0) is 18.4 Å². The Morgan fingerprint density at radius 1 is 1.19 bits per heavy atom. The number of aryl methyl sites for hydroxylation is 1. The predicted molar refractivity (Wildman–Crippen MR) is 128 cm³/mol. The Hall–Kier alpha value is -3.60. The Morgan fingerprint density at radius 2 is 1.86 bits per heavy atom. The van der Waals surface area contributed by atoms with Crippen LogP contribution < -0.4 is 15.0 Å². The molecule has 2 aromatic heterocycles. The number of likely N-dealkylation sites (tertiary alicyclic amines) is 1. The summed E-state index contributed by atoms with van der Waals surface area (Å²) in [5.74, 6) is -0.759. The van der Waals surface area contributed by atoms with Crippen LogP contribution in [0.1, 0.15) is 12.0 Å². The summed E-state index contributed by atoms with van der Waals surface area (Å²) in [5.41, 5.74) is 2.16. The number of likely N-dealkylation sites (N-methyl/N-ethyl adjacent to an activating group) is 1. The maximum atomic E-state index is 12.8. The normalized spacial score (nSPS) is 16.0. The second kappa shape index (κ2) is 9.81. The van der Waals surface area contributed by atoms with Gasteiger partial charge in [-0.05, 0) is 35.6 Å². The van der Waals surface area contributed by atoms with Crippen molar-refractivity contribution < 1.29 is 27.4 Å². The molecule has 0 radical (unpaired) electrons. The molecule has 11 heteroatoms. The van der Waals surface area contributed by atoms with E-state index in [9.17, 15) is 22.8 Å². The highest BCUT2D eigenvalue weighted by Crippen LogP contribution is 2.39. The van der Waals surface area contributed by atoms with Crippen LogP contribution in [0, 0.1) is 0 Å². The van der Waals surface area contributed by atoms with Crippen LogP contribution in [0.4, 0.5) is 13.2 Å². The number of ether oxygens (including phenoxy) is 2. The molecule has 0 spiro atoms. The second-order valence-electron chi connectivity index (χ2n) is 8.84. The number of carbonyl (C=O) groups is 1. The number of aromatic nitrogens is 2. The van der Waals surface area contributed by atoms with Crippen molar-refractivity contribution in [2.75, 3.05) is 34.4 Å². The average Bonchev–Trinajstić information content (AvgIpc) is 2.85. The number of rotatable bonds is 7. The first-order valence-corrected chi connectivity index (χ1v) is 11.3. The third-order valence-corrected chi connectivity index (χ3v) is 6.60. The summed E-state index contributed by atoms with van der Waals surface area (Å²) >= 11 is 0. The summed E-state index contributed by atoms with van der Waals surface area (Å²) in [5, 5.41) is 1.23. The maximum absolute atomic E-state index is 12.8. The van der Waals surface area contributed by atoms with Crippen LogP contribution in [0.25, 0.3) is 21.9 Å². The number of benzene rings is 1. The first kappa shape index (κ1) is 25.5. The van der Waals surface area contributed by atoms with Gasteiger partial charge in [0.15, 0.2) is 0 Å². The van der Waals surface area contributed by atoms with Crippen LogP contribution in [0.5, 0.6) is 11.5 Å². The third kappa shape index (κ3) is 4.75. The lowest BCUT2D eigenvalue weighted by molar-refractivity contribution is -0.185. The molecule has 1 unspecified atom stereocenters. The van der Waals surface area contributed by atoms with Crippen LogP contribution in [-0.4, -0.2) is 71.8 Å². The van der Waals surface area contributed by atoms with Gasteiger partial charge >= 0.3 is 12.1 Å². The molecule has 0 aliphatic carbocycles. The van der Waals surface area contributed by atoms with E-state index in [2.05, 4.69) is 4.98 Å². The first-order valence-electron chi connectivity index (χ1n) is 11.3. The fourth-order valence-electron chi connectivity index (χ4n) is 4.56. The summed E-state index contributed by atoms with van der Waals surface area (Å²) in [6.45, 7) is 1.02. The van der Waals surface area contributed by atoms with Gasteiger partial charge in [-0.25, -0.2) is 0 Å². The summed E-state index contributed by atoms with van der Waals surface area (Å²) in [4.78, 5) is 30.9. The van der Waals surface area contributed by atoms with Gasteiger partial charge in [0.25, 0.3) is 5.56 Å². The van der Waals surface area contributed by atoms with E-state index in [0.717, 1.165) is 29.1 Å². The van der Waals surface area contributed by atoms with Gasteiger partial charge in [0.2, 0.25) is 0 Å². The van der Waals surface area contributed by atoms with Gasteiger partial charge in [-0.1, -0.05) is 0 Å². The number of hydrogen-bond acceptors (Lipinski definition) is 6.